The topological polar surface area (TPSA) is 98.9 Å². The molecule has 0 aliphatic carbocycles. The van der Waals surface area contributed by atoms with Crippen LogP contribution < -0.4 is 10.1 Å². The van der Waals surface area contributed by atoms with Gasteiger partial charge in [0.05, 0.1) is 13.7 Å². The van der Waals surface area contributed by atoms with Gasteiger partial charge in [0.1, 0.15) is 0 Å². The minimum atomic E-state index is 0.0426. The monoisotopic (exact) mass is 256 g/mol. The van der Waals surface area contributed by atoms with Crippen LogP contribution in [-0.2, 0) is 6.54 Å². The van der Waals surface area contributed by atoms with Crippen molar-refractivity contribution < 1.29 is 9.26 Å². The van der Waals surface area contributed by atoms with Gasteiger partial charge < -0.3 is 14.6 Å². The molecule has 0 spiro atoms. The van der Waals surface area contributed by atoms with Gasteiger partial charge in [-0.25, -0.2) is 0 Å². The number of rotatable bonds is 4. The Morgan fingerprint density at radius 2 is 2.12 bits per heavy atom. The van der Waals surface area contributed by atoms with Gasteiger partial charge >= 0.3 is 6.01 Å². The second-order valence-corrected chi connectivity index (χ2v) is 3.34. The van der Waals surface area contributed by atoms with E-state index in [1.165, 1.54) is 7.11 Å². The van der Waals surface area contributed by atoms with E-state index in [-0.39, 0.29) is 17.2 Å². The third kappa shape index (κ3) is 3.00. The van der Waals surface area contributed by atoms with Crippen molar-refractivity contribution in [3.8, 4) is 6.01 Å². The number of aryl methyl sites for hydroxylation is 1. The minimum absolute atomic E-state index is 0.0426. The molecule has 0 unspecified atom stereocenters. The molecule has 0 atom stereocenters. The zero-order valence-electron chi connectivity index (χ0n) is 9.14. The molecule has 0 aliphatic rings. The molecule has 2 aromatic heterocycles. The first kappa shape index (κ1) is 11.5. The Balaban J connectivity index is 2.05. The van der Waals surface area contributed by atoms with E-state index in [0.717, 1.165) is 0 Å². The highest BCUT2D eigenvalue weighted by molar-refractivity contribution is 6.28. The first-order valence-electron chi connectivity index (χ1n) is 4.66. The lowest BCUT2D eigenvalue weighted by atomic mass is 10.6. The highest BCUT2D eigenvalue weighted by Crippen LogP contribution is 2.11. The maximum Gasteiger partial charge on any atom is 0.322 e. The Morgan fingerprint density at radius 1 is 1.29 bits per heavy atom. The number of hydrogen-bond acceptors (Lipinski definition) is 8. The van der Waals surface area contributed by atoms with Crippen LogP contribution in [0.15, 0.2) is 4.52 Å². The Kier molecular flexibility index (Phi) is 3.33. The van der Waals surface area contributed by atoms with Crippen molar-refractivity contribution >= 4 is 17.5 Å². The molecule has 9 heteroatoms. The lowest BCUT2D eigenvalue weighted by Gasteiger charge is -2.03. The van der Waals surface area contributed by atoms with Crippen molar-refractivity contribution in [3.63, 3.8) is 0 Å². The quantitative estimate of drug-likeness (QED) is 0.859. The molecule has 0 aliphatic heterocycles. The number of halogens is 1. The summed E-state index contributed by atoms with van der Waals surface area (Å²) >= 11 is 5.68. The standard InChI is InChI=1S/C8H9ClN6O2/c1-4-11-5(17-15-4)3-10-7-12-6(9)13-8(14-7)16-2/h3H2,1-2H3,(H,10,12,13,14). The molecule has 0 radical (unpaired) electrons. The van der Waals surface area contributed by atoms with E-state index in [9.17, 15) is 0 Å². The molecule has 0 aromatic carbocycles. The van der Waals surface area contributed by atoms with E-state index in [1.54, 1.807) is 6.92 Å². The molecule has 0 saturated heterocycles. The predicted octanol–water partition coefficient (Wildman–Crippen LogP) is 0.837. The lowest BCUT2D eigenvalue weighted by molar-refractivity contribution is 0.375. The molecule has 0 amide bonds. The van der Waals surface area contributed by atoms with Gasteiger partial charge in [-0.15, -0.1) is 0 Å². The van der Waals surface area contributed by atoms with E-state index in [0.29, 0.717) is 18.3 Å². The summed E-state index contributed by atoms with van der Waals surface area (Å²) in [7, 11) is 1.44. The fourth-order valence-electron chi connectivity index (χ4n) is 1.07. The van der Waals surface area contributed by atoms with Crippen LogP contribution in [0.4, 0.5) is 5.95 Å². The average molecular weight is 257 g/mol. The predicted molar refractivity (Wildman–Crippen MR) is 57.8 cm³/mol. The van der Waals surface area contributed by atoms with Gasteiger partial charge in [-0.05, 0) is 18.5 Å². The first-order valence-corrected chi connectivity index (χ1v) is 5.04. The van der Waals surface area contributed by atoms with Gasteiger partial charge in [0.25, 0.3) is 0 Å². The van der Waals surface area contributed by atoms with Crippen LogP contribution in [0.1, 0.15) is 11.7 Å². The van der Waals surface area contributed by atoms with Crippen LogP contribution >= 0.6 is 11.6 Å². The molecule has 0 saturated carbocycles. The van der Waals surface area contributed by atoms with E-state index >= 15 is 0 Å². The number of nitrogens with one attached hydrogen (secondary N) is 1. The Hall–Kier alpha value is -1.96. The normalized spacial score (nSPS) is 10.3. The summed E-state index contributed by atoms with van der Waals surface area (Å²) in [4.78, 5) is 15.6. The van der Waals surface area contributed by atoms with Crippen molar-refractivity contribution in [1.29, 1.82) is 0 Å². The molecule has 2 aromatic rings. The van der Waals surface area contributed by atoms with Crippen molar-refractivity contribution in [2.45, 2.75) is 13.5 Å². The molecule has 2 heterocycles. The largest absolute Gasteiger partial charge is 0.467 e. The summed E-state index contributed by atoms with van der Waals surface area (Å²) in [5, 5.41) is 6.56. The second kappa shape index (κ2) is 4.91. The summed E-state index contributed by atoms with van der Waals surface area (Å²) in [5.41, 5.74) is 0. The molecule has 2 rings (SSSR count). The molecule has 0 fully saturated rings. The fraction of sp³-hybridized carbons (Fsp3) is 0.375. The Morgan fingerprint density at radius 3 is 2.76 bits per heavy atom. The van der Waals surface area contributed by atoms with Crippen LogP contribution in [0.2, 0.25) is 5.28 Å². The summed E-state index contributed by atoms with van der Waals surface area (Å²) in [5.74, 6) is 1.27. The highest BCUT2D eigenvalue weighted by atomic mass is 35.5. The van der Waals surface area contributed by atoms with E-state index in [4.69, 9.17) is 20.9 Å². The van der Waals surface area contributed by atoms with Crippen molar-refractivity contribution in [1.82, 2.24) is 25.1 Å². The molecule has 17 heavy (non-hydrogen) atoms. The molecule has 1 N–H and O–H groups in total. The van der Waals surface area contributed by atoms with Gasteiger partial charge in [-0.1, -0.05) is 5.16 Å². The van der Waals surface area contributed by atoms with Crippen LogP contribution in [-0.4, -0.2) is 32.2 Å². The third-order valence-electron chi connectivity index (χ3n) is 1.74. The number of anilines is 1. The van der Waals surface area contributed by atoms with Gasteiger partial charge in [-0.3, -0.25) is 0 Å². The van der Waals surface area contributed by atoms with Gasteiger partial charge in [0, 0.05) is 0 Å². The number of nitrogens with zero attached hydrogens (tertiary/aromatic N) is 5. The smallest absolute Gasteiger partial charge is 0.322 e. The summed E-state index contributed by atoms with van der Waals surface area (Å²) < 4.78 is 9.77. The van der Waals surface area contributed by atoms with Crippen LogP contribution in [0, 0.1) is 6.92 Å². The van der Waals surface area contributed by atoms with Crippen molar-refractivity contribution in [2.24, 2.45) is 0 Å². The van der Waals surface area contributed by atoms with Crippen LogP contribution in [0.25, 0.3) is 0 Å². The highest BCUT2D eigenvalue weighted by Gasteiger charge is 2.07. The summed E-state index contributed by atoms with van der Waals surface area (Å²) in [6.45, 7) is 2.03. The molecule has 8 nitrogen and oxygen atoms in total. The number of aromatic nitrogens is 5. The second-order valence-electron chi connectivity index (χ2n) is 3.00. The van der Waals surface area contributed by atoms with Gasteiger partial charge in [-0.2, -0.15) is 19.9 Å². The molecule has 90 valence electrons. The third-order valence-corrected chi connectivity index (χ3v) is 1.91. The minimum Gasteiger partial charge on any atom is -0.467 e. The SMILES string of the molecule is COc1nc(Cl)nc(NCc2nc(C)no2)n1. The maximum absolute atomic E-state index is 5.68. The number of ether oxygens (including phenoxy) is 1. The van der Waals surface area contributed by atoms with Crippen LogP contribution in [0.5, 0.6) is 6.01 Å². The lowest BCUT2D eigenvalue weighted by Crippen LogP contribution is -2.06. The summed E-state index contributed by atoms with van der Waals surface area (Å²) in [6, 6.07) is 0.134. The summed E-state index contributed by atoms with van der Waals surface area (Å²) in [6.07, 6.45) is 0. The number of methoxy groups -OCH3 is 1. The van der Waals surface area contributed by atoms with Crippen LogP contribution in [0.3, 0.4) is 0 Å². The Bertz CT molecular complexity index is 516. The van der Waals surface area contributed by atoms with Crippen molar-refractivity contribution in [2.75, 3.05) is 12.4 Å². The van der Waals surface area contributed by atoms with Gasteiger partial charge in [0.2, 0.25) is 17.1 Å². The molecule has 0 bridgehead atoms. The van der Waals surface area contributed by atoms with E-state index in [2.05, 4.69) is 30.4 Å². The van der Waals surface area contributed by atoms with E-state index < -0.39 is 0 Å². The average Bonchev–Trinajstić information content (AvgIpc) is 2.72. The molecular formula is C8H9ClN6O2. The maximum atomic E-state index is 5.68. The zero-order valence-corrected chi connectivity index (χ0v) is 9.89. The first-order chi connectivity index (χ1) is 8.17. The Labute approximate surface area is 101 Å². The van der Waals surface area contributed by atoms with E-state index in [1.807, 2.05) is 0 Å². The van der Waals surface area contributed by atoms with Gasteiger partial charge in [0.15, 0.2) is 5.82 Å². The van der Waals surface area contributed by atoms with Crippen molar-refractivity contribution in [3.05, 3.63) is 17.0 Å². The number of hydrogen-bond donors (Lipinski definition) is 1. The zero-order chi connectivity index (χ0) is 12.3. The fourth-order valence-corrected chi connectivity index (χ4v) is 1.22. The molecular weight excluding hydrogens is 248 g/mol.